The van der Waals surface area contributed by atoms with E-state index in [1.807, 2.05) is 31.2 Å². The standard InChI is InChI=1S/C25H27ClN4O3/c1-3-15-17(26)5-4-6-18(15)29-23-21-19(8-11-28-24(21)31)30-22(23)16-7-10-27-13-20(16)32-14-25(2)9-12-33-25/h4-7,10,13,29-30H,3,8-9,11-12,14H2,1-2H3,(H,28,31). The smallest absolute Gasteiger partial charge is 0.255 e. The average Bonchev–Trinajstić information content (AvgIpc) is 3.16. The Morgan fingerprint density at radius 2 is 2.18 bits per heavy atom. The Morgan fingerprint density at radius 3 is 2.94 bits per heavy atom. The number of anilines is 2. The number of nitrogens with one attached hydrogen (secondary N) is 3. The van der Waals surface area contributed by atoms with Gasteiger partial charge in [0.2, 0.25) is 0 Å². The molecule has 0 saturated carbocycles. The van der Waals surface area contributed by atoms with Crippen LogP contribution in [0.2, 0.25) is 5.02 Å². The van der Waals surface area contributed by atoms with Gasteiger partial charge in [0.15, 0.2) is 0 Å². The zero-order chi connectivity index (χ0) is 23.0. The minimum absolute atomic E-state index is 0.103. The van der Waals surface area contributed by atoms with E-state index >= 15 is 0 Å². The Balaban J connectivity index is 1.59. The maximum absolute atomic E-state index is 12.9. The van der Waals surface area contributed by atoms with E-state index in [0.29, 0.717) is 35.2 Å². The van der Waals surface area contributed by atoms with Crippen LogP contribution in [0.15, 0.2) is 36.7 Å². The number of aromatic amines is 1. The molecule has 0 radical (unpaired) electrons. The van der Waals surface area contributed by atoms with Crippen molar-refractivity contribution in [3.8, 4) is 17.0 Å². The topological polar surface area (TPSA) is 88.3 Å². The van der Waals surface area contributed by atoms with Gasteiger partial charge >= 0.3 is 0 Å². The van der Waals surface area contributed by atoms with Crippen LogP contribution in [-0.4, -0.2) is 41.2 Å². The van der Waals surface area contributed by atoms with Crippen molar-refractivity contribution in [2.24, 2.45) is 0 Å². The van der Waals surface area contributed by atoms with E-state index in [-0.39, 0.29) is 11.5 Å². The van der Waals surface area contributed by atoms with Gasteiger partial charge in [0.1, 0.15) is 18.0 Å². The van der Waals surface area contributed by atoms with Crippen LogP contribution in [-0.2, 0) is 17.6 Å². The van der Waals surface area contributed by atoms with E-state index in [1.165, 1.54) is 0 Å². The fraction of sp³-hybridized carbons (Fsp3) is 0.360. The number of H-pyrrole nitrogens is 1. The lowest BCUT2D eigenvalue weighted by atomic mass is 9.99. The van der Waals surface area contributed by atoms with Crippen LogP contribution in [0.1, 0.15) is 41.9 Å². The van der Waals surface area contributed by atoms with E-state index in [9.17, 15) is 4.79 Å². The highest BCUT2D eigenvalue weighted by Gasteiger charge is 2.34. The van der Waals surface area contributed by atoms with Gasteiger partial charge in [0.05, 0.1) is 29.7 Å². The second-order valence-corrected chi connectivity index (χ2v) is 9.10. The van der Waals surface area contributed by atoms with E-state index in [0.717, 1.165) is 54.1 Å². The summed E-state index contributed by atoms with van der Waals surface area (Å²) in [4.78, 5) is 20.7. The first-order valence-electron chi connectivity index (χ1n) is 11.3. The molecule has 1 saturated heterocycles. The van der Waals surface area contributed by atoms with E-state index < -0.39 is 0 Å². The van der Waals surface area contributed by atoms with E-state index in [1.54, 1.807) is 12.4 Å². The number of hydrogen-bond donors (Lipinski definition) is 3. The molecule has 2 aliphatic rings. The Hall–Kier alpha value is -3.03. The summed E-state index contributed by atoms with van der Waals surface area (Å²) >= 11 is 6.46. The second kappa shape index (κ2) is 8.72. The monoisotopic (exact) mass is 466 g/mol. The van der Waals surface area contributed by atoms with Crippen LogP contribution in [0.5, 0.6) is 5.75 Å². The van der Waals surface area contributed by atoms with Gasteiger partial charge in [0, 0.05) is 47.6 Å². The molecule has 4 heterocycles. The third-order valence-electron chi connectivity index (χ3n) is 6.37. The molecule has 3 N–H and O–H groups in total. The van der Waals surface area contributed by atoms with Crippen molar-refractivity contribution in [3.05, 3.63) is 58.5 Å². The summed E-state index contributed by atoms with van der Waals surface area (Å²) in [7, 11) is 0. The maximum Gasteiger partial charge on any atom is 0.255 e. The molecule has 3 aromatic rings. The van der Waals surface area contributed by atoms with Crippen LogP contribution >= 0.6 is 11.6 Å². The van der Waals surface area contributed by atoms with Crippen LogP contribution in [0, 0.1) is 0 Å². The summed E-state index contributed by atoms with van der Waals surface area (Å²) in [6.07, 6.45) is 5.88. The fourth-order valence-electron chi connectivity index (χ4n) is 4.37. The number of amides is 1. The summed E-state index contributed by atoms with van der Waals surface area (Å²) in [5.74, 6) is 0.534. The minimum Gasteiger partial charge on any atom is -0.488 e. The number of aromatic nitrogens is 2. The number of carbonyl (C=O) groups is 1. The molecule has 1 unspecified atom stereocenters. The van der Waals surface area contributed by atoms with Crippen molar-refractivity contribution in [2.75, 3.05) is 25.1 Å². The zero-order valence-corrected chi connectivity index (χ0v) is 19.5. The van der Waals surface area contributed by atoms with E-state index in [4.69, 9.17) is 21.1 Å². The molecule has 5 rings (SSSR count). The molecule has 7 nitrogen and oxygen atoms in total. The third kappa shape index (κ3) is 4.07. The first-order valence-corrected chi connectivity index (χ1v) is 11.7. The molecule has 33 heavy (non-hydrogen) atoms. The molecular weight excluding hydrogens is 440 g/mol. The van der Waals surface area contributed by atoms with Crippen LogP contribution < -0.4 is 15.4 Å². The van der Waals surface area contributed by atoms with Gasteiger partial charge in [-0.2, -0.15) is 0 Å². The molecule has 1 aromatic carbocycles. The molecule has 2 aliphatic heterocycles. The summed E-state index contributed by atoms with van der Waals surface area (Å²) in [5, 5.41) is 7.17. The predicted molar refractivity (Wildman–Crippen MR) is 129 cm³/mol. The molecule has 8 heteroatoms. The lowest BCUT2D eigenvalue weighted by Crippen LogP contribution is -2.45. The molecule has 0 aliphatic carbocycles. The summed E-state index contributed by atoms with van der Waals surface area (Å²) in [6, 6.07) is 7.67. The van der Waals surface area contributed by atoms with Gasteiger partial charge in [-0.15, -0.1) is 0 Å². The highest BCUT2D eigenvalue weighted by atomic mass is 35.5. The normalized spacial score (nSPS) is 19.4. The number of halogens is 1. The van der Waals surface area contributed by atoms with Gasteiger partial charge < -0.3 is 25.1 Å². The third-order valence-corrected chi connectivity index (χ3v) is 6.72. The van der Waals surface area contributed by atoms with Crippen molar-refractivity contribution in [3.63, 3.8) is 0 Å². The first-order chi connectivity index (χ1) is 16.0. The second-order valence-electron chi connectivity index (χ2n) is 8.69. The zero-order valence-electron chi connectivity index (χ0n) is 18.8. The number of nitrogens with zero attached hydrogens (tertiary/aromatic N) is 1. The Kier molecular flexibility index (Phi) is 5.76. The highest BCUT2D eigenvalue weighted by Crippen LogP contribution is 2.41. The lowest BCUT2D eigenvalue weighted by molar-refractivity contribution is -0.152. The van der Waals surface area contributed by atoms with Gasteiger partial charge in [-0.25, -0.2) is 0 Å². The van der Waals surface area contributed by atoms with Crippen molar-refractivity contribution in [2.45, 2.75) is 38.7 Å². The summed E-state index contributed by atoms with van der Waals surface area (Å²) < 4.78 is 11.8. The number of fused-ring (bicyclic) bond motifs is 1. The Bertz CT molecular complexity index is 1200. The van der Waals surface area contributed by atoms with Crippen LogP contribution in [0.25, 0.3) is 11.3 Å². The van der Waals surface area contributed by atoms with Crippen molar-refractivity contribution >= 4 is 28.9 Å². The molecule has 2 aromatic heterocycles. The molecule has 1 amide bonds. The highest BCUT2D eigenvalue weighted by molar-refractivity contribution is 6.31. The molecular formula is C25H27ClN4O3. The number of hydrogen-bond acceptors (Lipinski definition) is 5. The van der Waals surface area contributed by atoms with Crippen LogP contribution in [0.4, 0.5) is 11.4 Å². The Morgan fingerprint density at radius 1 is 1.33 bits per heavy atom. The lowest BCUT2D eigenvalue weighted by Gasteiger charge is -2.38. The SMILES string of the molecule is CCc1c(Cl)cccc1Nc1c(-c2ccncc2OCC2(C)CCO2)[nH]c2c1C(=O)NCC2. The number of rotatable bonds is 7. The van der Waals surface area contributed by atoms with Crippen molar-refractivity contribution < 1.29 is 14.3 Å². The molecule has 1 atom stereocenters. The van der Waals surface area contributed by atoms with Gasteiger partial charge in [-0.05, 0) is 37.1 Å². The molecule has 1 fully saturated rings. The quantitative estimate of drug-likeness (QED) is 0.462. The summed E-state index contributed by atoms with van der Waals surface area (Å²) in [5.41, 5.74) is 5.44. The van der Waals surface area contributed by atoms with E-state index in [2.05, 4.69) is 27.5 Å². The van der Waals surface area contributed by atoms with Crippen molar-refractivity contribution in [1.82, 2.24) is 15.3 Å². The largest absolute Gasteiger partial charge is 0.488 e. The van der Waals surface area contributed by atoms with Crippen LogP contribution in [0.3, 0.4) is 0 Å². The maximum atomic E-state index is 12.9. The average molecular weight is 467 g/mol. The fourth-order valence-corrected chi connectivity index (χ4v) is 4.68. The molecule has 0 spiro atoms. The number of ether oxygens (including phenoxy) is 2. The number of benzene rings is 1. The molecule has 172 valence electrons. The molecule has 0 bridgehead atoms. The van der Waals surface area contributed by atoms with Gasteiger partial charge in [-0.1, -0.05) is 24.6 Å². The van der Waals surface area contributed by atoms with Gasteiger partial charge in [0.25, 0.3) is 5.91 Å². The van der Waals surface area contributed by atoms with Gasteiger partial charge in [-0.3, -0.25) is 9.78 Å². The minimum atomic E-state index is -0.278. The predicted octanol–water partition coefficient (Wildman–Crippen LogP) is 4.88. The van der Waals surface area contributed by atoms with Crippen molar-refractivity contribution in [1.29, 1.82) is 0 Å². The first kappa shape index (κ1) is 21.8. The Labute approximate surface area is 197 Å². The number of pyridine rings is 1. The summed E-state index contributed by atoms with van der Waals surface area (Å²) in [6.45, 7) is 5.89. The number of carbonyl (C=O) groups excluding carboxylic acids is 1.